The first-order valence-corrected chi connectivity index (χ1v) is 10.8. The van der Waals surface area contributed by atoms with Gasteiger partial charge in [-0.3, -0.25) is 9.52 Å². The second-order valence-electron chi connectivity index (χ2n) is 7.01. The average molecular weight is 425 g/mol. The Kier molecular flexibility index (Phi) is 6.42. The summed E-state index contributed by atoms with van der Waals surface area (Å²) in [5, 5.41) is 0. The quantitative estimate of drug-likeness (QED) is 0.620. The highest BCUT2D eigenvalue weighted by molar-refractivity contribution is 7.92. The molecule has 0 radical (unpaired) electrons. The molecule has 0 atom stereocenters. The Balaban J connectivity index is 1.75. The summed E-state index contributed by atoms with van der Waals surface area (Å²) in [5.74, 6) is 0.375. The fourth-order valence-corrected chi connectivity index (χ4v) is 4.11. The van der Waals surface area contributed by atoms with Crippen LogP contribution in [-0.4, -0.2) is 33.4 Å². The monoisotopic (exact) mass is 424 g/mol. The van der Waals surface area contributed by atoms with Crippen molar-refractivity contribution in [2.75, 3.05) is 18.9 Å². The van der Waals surface area contributed by atoms with Gasteiger partial charge in [-0.1, -0.05) is 35.9 Å². The van der Waals surface area contributed by atoms with Gasteiger partial charge in [0.2, 0.25) is 0 Å². The predicted octanol–water partition coefficient (Wildman–Crippen LogP) is 4.08. The normalized spacial score (nSPS) is 11.0. The molecule has 0 saturated carbocycles. The van der Waals surface area contributed by atoms with Crippen LogP contribution in [0.3, 0.4) is 0 Å². The van der Waals surface area contributed by atoms with E-state index < -0.39 is 10.0 Å². The van der Waals surface area contributed by atoms with Crippen LogP contribution in [0.2, 0.25) is 0 Å². The fourth-order valence-electron chi connectivity index (χ4n) is 3.06. The molecule has 1 amide bonds. The number of sulfonamides is 1. The minimum atomic E-state index is -3.78. The van der Waals surface area contributed by atoms with E-state index in [1.807, 2.05) is 31.2 Å². The number of ether oxygens (including phenoxy) is 1. The number of aryl methyl sites for hydroxylation is 1. The summed E-state index contributed by atoms with van der Waals surface area (Å²) in [4.78, 5) is 14.5. The highest BCUT2D eigenvalue weighted by atomic mass is 32.2. The molecule has 7 heteroatoms. The number of rotatable bonds is 7. The zero-order chi connectivity index (χ0) is 21.7. The summed E-state index contributed by atoms with van der Waals surface area (Å²) in [7, 11) is -0.550. The number of carbonyl (C=O) groups is 1. The van der Waals surface area contributed by atoms with Crippen LogP contribution in [0.15, 0.2) is 77.7 Å². The van der Waals surface area contributed by atoms with Gasteiger partial charge in [-0.25, -0.2) is 8.42 Å². The van der Waals surface area contributed by atoms with Crippen molar-refractivity contribution < 1.29 is 17.9 Å². The molecule has 0 fully saturated rings. The van der Waals surface area contributed by atoms with Crippen LogP contribution in [0, 0.1) is 6.92 Å². The standard InChI is InChI=1S/C23H24N2O4S/c1-17-6-4-7-18(14-17)16-25(2)23(26)19-8-5-9-20(15-19)24-30(27,28)22-12-10-21(29-3)11-13-22/h4-15,24H,16H2,1-3H3. The number of anilines is 1. The number of methoxy groups -OCH3 is 1. The van der Waals surface area contributed by atoms with Gasteiger partial charge in [0.05, 0.1) is 12.0 Å². The molecular weight excluding hydrogens is 400 g/mol. The lowest BCUT2D eigenvalue weighted by atomic mass is 10.1. The van der Waals surface area contributed by atoms with Crippen molar-refractivity contribution in [3.8, 4) is 5.75 Å². The molecule has 0 aliphatic rings. The zero-order valence-electron chi connectivity index (χ0n) is 17.1. The Morgan fingerprint density at radius 1 is 1.00 bits per heavy atom. The number of nitrogens with one attached hydrogen (secondary N) is 1. The molecule has 3 aromatic rings. The first-order chi connectivity index (χ1) is 14.3. The van der Waals surface area contributed by atoms with Gasteiger partial charge in [0.15, 0.2) is 0 Å². The second kappa shape index (κ2) is 9.00. The van der Waals surface area contributed by atoms with Crippen LogP contribution in [-0.2, 0) is 16.6 Å². The molecule has 0 unspecified atom stereocenters. The molecule has 1 N–H and O–H groups in total. The summed E-state index contributed by atoms with van der Waals surface area (Å²) in [6.45, 7) is 2.46. The maximum Gasteiger partial charge on any atom is 0.261 e. The third kappa shape index (κ3) is 5.18. The third-order valence-corrected chi connectivity index (χ3v) is 5.98. The van der Waals surface area contributed by atoms with Crippen LogP contribution in [0.25, 0.3) is 0 Å². The van der Waals surface area contributed by atoms with Gasteiger partial charge >= 0.3 is 0 Å². The predicted molar refractivity (Wildman–Crippen MR) is 117 cm³/mol. The van der Waals surface area contributed by atoms with Gasteiger partial charge in [-0.15, -0.1) is 0 Å². The molecule has 6 nitrogen and oxygen atoms in total. The number of nitrogens with zero attached hydrogens (tertiary/aromatic N) is 1. The minimum absolute atomic E-state index is 0.108. The van der Waals surface area contributed by atoms with Crippen molar-refractivity contribution in [1.82, 2.24) is 4.90 Å². The van der Waals surface area contributed by atoms with Crippen molar-refractivity contribution in [3.05, 3.63) is 89.5 Å². The summed E-state index contributed by atoms with van der Waals surface area (Å²) in [6, 6.07) is 20.5. The molecule has 3 aromatic carbocycles. The van der Waals surface area contributed by atoms with Crippen LogP contribution in [0.5, 0.6) is 5.75 Å². The SMILES string of the molecule is COc1ccc(S(=O)(=O)Nc2cccc(C(=O)N(C)Cc3cccc(C)c3)c2)cc1. The van der Waals surface area contributed by atoms with Crippen molar-refractivity contribution in [1.29, 1.82) is 0 Å². The molecule has 156 valence electrons. The van der Waals surface area contributed by atoms with E-state index in [1.165, 1.54) is 25.3 Å². The van der Waals surface area contributed by atoms with Crippen molar-refractivity contribution in [3.63, 3.8) is 0 Å². The molecule has 30 heavy (non-hydrogen) atoms. The largest absolute Gasteiger partial charge is 0.497 e. The maximum absolute atomic E-state index is 12.8. The van der Waals surface area contributed by atoms with E-state index in [4.69, 9.17) is 4.74 Å². The van der Waals surface area contributed by atoms with Crippen LogP contribution in [0.1, 0.15) is 21.5 Å². The van der Waals surface area contributed by atoms with E-state index in [-0.39, 0.29) is 10.8 Å². The molecule has 3 rings (SSSR count). The third-order valence-electron chi connectivity index (χ3n) is 4.58. The topological polar surface area (TPSA) is 75.7 Å². The van der Waals surface area contributed by atoms with E-state index in [2.05, 4.69) is 4.72 Å². The summed E-state index contributed by atoms with van der Waals surface area (Å²) in [5.41, 5.74) is 2.88. The fraction of sp³-hybridized carbons (Fsp3) is 0.174. The van der Waals surface area contributed by atoms with Gasteiger partial charge in [-0.05, 0) is 55.0 Å². The molecule has 0 aliphatic heterocycles. The van der Waals surface area contributed by atoms with E-state index in [0.717, 1.165) is 11.1 Å². The van der Waals surface area contributed by atoms with Crippen LogP contribution >= 0.6 is 0 Å². The zero-order valence-corrected chi connectivity index (χ0v) is 17.9. The molecule has 0 aliphatic carbocycles. The average Bonchev–Trinajstić information content (AvgIpc) is 2.73. The van der Waals surface area contributed by atoms with Crippen LogP contribution < -0.4 is 9.46 Å². The van der Waals surface area contributed by atoms with Gasteiger partial charge in [-0.2, -0.15) is 0 Å². The van der Waals surface area contributed by atoms with E-state index in [1.54, 1.807) is 42.3 Å². The Hall–Kier alpha value is -3.32. The van der Waals surface area contributed by atoms with Gasteiger partial charge < -0.3 is 9.64 Å². The Morgan fingerprint density at radius 3 is 2.37 bits per heavy atom. The Morgan fingerprint density at radius 2 is 1.70 bits per heavy atom. The number of amides is 1. The maximum atomic E-state index is 12.8. The molecule has 0 saturated heterocycles. The first kappa shape index (κ1) is 21.4. The van der Waals surface area contributed by atoms with Crippen LogP contribution in [0.4, 0.5) is 5.69 Å². The minimum Gasteiger partial charge on any atom is -0.497 e. The van der Waals surface area contributed by atoms with E-state index >= 15 is 0 Å². The number of benzene rings is 3. The number of hydrogen-bond donors (Lipinski definition) is 1. The first-order valence-electron chi connectivity index (χ1n) is 9.36. The smallest absolute Gasteiger partial charge is 0.261 e. The number of carbonyl (C=O) groups excluding carboxylic acids is 1. The molecule has 0 spiro atoms. The van der Waals surface area contributed by atoms with Gasteiger partial charge in [0.1, 0.15) is 5.75 Å². The summed E-state index contributed by atoms with van der Waals surface area (Å²) in [6.07, 6.45) is 0. The molecule has 0 heterocycles. The van der Waals surface area contributed by atoms with E-state index in [9.17, 15) is 13.2 Å². The molecule has 0 aromatic heterocycles. The molecular formula is C23H24N2O4S. The lowest BCUT2D eigenvalue weighted by Crippen LogP contribution is -2.26. The molecule has 0 bridgehead atoms. The van der Waals surface area contributed by atoms with Crippen molar-refractivity contribution in [2.45, 2.75) is 18.4 Å². The summed E-state index contributed by atoms with van der Waals surface area (Å²) >= 11 is 0. The van der Waals surface area contributed by atoms with Crippen molar-refractivity contribution >= 4 is 21.6 Å². The lowest BCUT2D eigenvalue weighted by Gasteiger charge is -2.18. The lowest BCUT2D eigenvalue weighted by molar-refractivity contribution is 0.0785. The number of hydrogen-bond acceptors (Lipinski definition) is 4. The Labute approximate surface area is 177 Å². The van der Waals surface area contributed by atoms with Crippen molar-refractivity contribution in [2.24, 2.45) is 0 Å². The Bertz CT molecular complexity index is 1140. The van der Waals surface area contributed by atoms with Gasteiger partial charge in [0.25, 0.3) is 15.9 Å². The highest BCUT2D eigenvalue weighted by Gasteiger charge is 2.17. The summed E-state index contributed by atoms with van der Waals surface area (Å²) < 4.78 is 32.9. The van der Waals surface area contributed by atoms with E-state index in [0.29, 0.717) is 23.5 Å². The second-order valence-corrected chi connectivity index (χ2v) is 8.69. The highest BCUT2D eigenvalue weighted by Crippen LogP contribution is 2.20. The van der Waals surface area contributed by atoms with Gasteiger partial charge in [0, 0.05) is 24.8 Å².